The molecule has 0 amide bonds. The predicted molar refractivity (Wildman–Crippen MR) is 112 cm³/mol. The van der Waals surface area contributed by atoms with Gasteiger partial charge in [0.25, 0.3) is 0 Å². The summed E-state index contributed by atoms with van der Waals surface area (Å²) in [5.41, 5.74) is 0.355. The van der Waals surface area contributed by atoms with E-state index in [0.717, 1.165) is 31.0 Å². The van der Waals surface area contributed by atoms with E-state index < -0.39 is 0 Å². The molecule has 3 heteroatoms. The van der Waals surface area contributed by atoms with Crippen molar-refractivity contribution in [2.45, 2.75) is 66.8 Å². The topological polar surface area (TPSA) is 18.5 Å². The highest BCUT2D eigenvalue weighted by Gasteiger charge is 2.33. The highest BCUT2D eigenvalue weighted by Crippen LogP contribution is 2.41. The van der Waals surface area contributed by atoms with Gasteiger partial charge in [-0.05, 0) is 70.0 Å². The maximum absolute atomic E-state index is 4.09. The van der Waals surface area contributed by atoms with Crippen LogP contribution in [0.1, 0.15) is 60.8 Å². The van der Waals surface area contributed by atoms with Crippen molar-refractivity contribution >= 4 is 0 Å². The Morgan fingerprint density at radius 1 is 1.08 bits per heavy atom. The van der Waals surface area contributed by atoms with Crippen molar-refractivity contribution in [3.63, 3.8) is 0 Å². The molecule has 0 aromatic rings. The molecule has 2 rings (SSSR count). The number of likely N-dealkylation sites (tertiary alicyclic amines) is 1. The summed E-state index contributed by atoms with van der Waals surface area (Å²) in [5, 5.41) is 3.33. The van der Waals surface area contributed by atoms with Crippen LogP contribution in [0.3, 0.4) is 0 Å². The molecule has 2 fully saturated rings. The van der Waals surface area contributed by atoms with Gasteiger partial charge in [-0.1, -0.05) is 33.8 Å². The highest BCUT2D eigenvalue weighted by molar-refractivity contribution is 4.98. The standard InChI is InChI=1S/C15H29N.C7H16N2/c1-6-15(5,12-13(3)4)14-8-10-16(7-2)11-9-14;1-7(2)9-5-3-8-4-6-9/h6,13-14H,1,7-12H2,2-5H3;7-8H,3-6H2,1-2H3. The van der Waals surface area contributed by atoms with Gasteiger partial charge in [0.15, 0.2) is 0 Å². The first kappa shape index (κ1) is 22.7. The highest BCUT2D eigenvalue weighted by atomic mass is 15.2. The first-order valence-corrected chi connectivity index (χ1v) is 10.6. The van der Waals surface area contributed by atoms with Crippen molar-refractivity contribution in [1.29, 1.82) is 0 Å². The minimum atomic E-state index is 0.355. The maximum Gasteiger partial charge on any atom is 0.0110 e. The molecular formula is C22H45N3. The zero-order valence-electron chi connectivity index (χ0n) is 18.0. The Bertz CT molecular complexity index is 352. The number of nitrogens with one attached hydrogen (secondary N) is 1. The first-order chi connectivity index (χ1) is 11.8. The van der Waals surface area contributed by atoms with Crippen LogP contribution in [0.15, 0.2) is 12.7 Å². The Morgan fingerprint density at radius 3 is 2.00 bits per heavy atom. The molecule has 0 bridgehead atoms. The Hall–Kier alpha value is -0.380. The number of piperidine rings is 1. The van der Waals surface area contributed by atoms with E-state index in [9.17, 15) is 0 Å². The van der Waals surface area contributed by atoms with Crippen molar-refractivity contribution in [2.24, 2.45) is 17.3 Å². The van der Waals surface area contributed by atoms with Crippen molar-refractivity contribution in [3.8, 4) is 0 Å². The summed E-state index contributed by atoms with van der Waals surface area (Å²) in [7, 11) is 0. The third-order valence-corrected chi connectivity index (χ3v) is 6.16. The zero-order valence-corrected chi connectivity index (χ0v) is 18.0. The maximum atomic E-state index is 4.09. The van der Waals surface area contributed by atoms with Crippen LogP contribution >= 0.6 is 0 Å². The smallest absolute Gasteiger partial charge is 0.0110 e. The lowest BCUT2D eigenvalue weighted by Gasteiger charge is -2.42. The molecule has 0 aromatic heterocycles. The van der Waals surface area contributed by atoms with E-state index in [1.54, 1.807) is 0 Å². The molecule has 2 saturated heterocycles. The van der Waals surface area contributed by atoms with Gasteiger partial charge in [-0.3, -0.25) is 4.90 Å². The van der Waals surface area contributed by atoms with Crippen LogP contribution < -0.4 is 5.32 Å². The molecule has 1 unspecified atom stereocenters. The number of piperazine rings is 1. The molecule has 0 aromatic carbocycles. The number of allylic oxidation sites excluding steroid dienone is 1. The second-order valence-electron chi connectivity index (χ2n) is 8.90. The molecule has 148 valence electrons. The van der Waals surface area contributed by atoms with E-state index in [4.69, 9.17) is 0 Å². The molecule has 0 radical (unpaired) electrons. The van der Waals surface area contributed by atoms with Gasteiger partial charge in [0, 0.05) is 32.2 Å². The first-order valence-electron chi connectivity index (χ1n) is 10.6. The van der Waals surface area contributed by atoms with Gasteiger partial charge in [-0.15, -0.1) is 6.58 Å². The summed E-state index contributed by atoms with van der Waals surface area (Å²) >= 11 is 0. The van der Waals surface area contributed by atoms with Gasteiger partial charge in [0.1, 0.15) is 0 Å². The Labute approximate surface area is 158 Å². The SMILES string of the molecule is C=CC(C)(CC(C)C)C1CCN(CC)CC1.CC(C)N1CCNCC1. The summed E-state index contributed by atoms with van der Waals surface area (Å²) < 4.78 is 0. The molecule has 0 saturated carbocycles. The molecule has 3 nitrogen and oxygen atoms in total. The lowest BCUT2D eigenvalue weighted by Crippen LogP contribution is -2.46. The third kappa shape index (κ3) is 7.80. The lowest BCUT2D eigenvalue weighted by molar-refractivity contribution is 0.107. The zero-order chi connectivity index (χ0) is 18.9. The minimum absolute atomic E-state index is 0.355. The van der Waals surface area contributed by atoms with Gasteiger partial charge in [0.05, 0.1) is 0 Å². The third-order valence-electron chi connectivity index (χ3n) is 6.16. The molecular weight excluding hydrogens is 306 g/mol. The van der Waals surface area contributed by atoms with Gasteiger partial charge in [0.2, 0.25) is 0 Å². The summed E-state index contributed by atoms with van der Waals surface area (Å²) in [5.74, 6) is 1.61. The molecule has 25 heavy (non-hydrogen) atoms. The Kier molecular flexibility index (Phi) is 10.3. The van der Waals surface area contributed by atoms with E-state index in [1.165, 1.54) is 52.0 Å². The van der Waals surface area contributed by atoms with E-state index in [1.807, 2.05) is 0 Å². The van der Waals surface area contributed by atoms with Gasteiger partial charge < -0.3 is 10.2 Å². The minimum Gasteiger partial charge on any atom is -0.314 e. The van der Waals surface area contributed by atoms with Crippen molar-refractivity contribution in [1.82, 2.24) is 15.1 Å². The van der Waals surface area contributed by atoms with Crippen LogP contribution in [0.25, 0.3) is 0 Å². The lowest BCUT2D eigenvalue weighted by atomic mass is 9.68. The molecule has 2 aliphatic heterocycles. The second kappa shape index (κ2) is 11.4. The average Bonchev–Trinajstić information content (AvgIpc) is 2.62. The Balaban J connectivity index is 0.000000293. The van der Waals surface area contributed by atoms with Gasteiger partial charge in [-0.2, -0.15) is 0 Å². The van der Waals surface area contributed by atoms with Crippen molar-refractivity contribution < 1.29 is 0 Å². The van der Waals surface area contributed by atoms with Gasteiger partial charge >= 0.3 is 0 Å². The molecule has 1 N–H and O–H groups in total. The van der Waals surface area contributed by atoms with Gasteiger partial charge in [-0.25, -0.2) is 0 Å². The number of hydrogen-bond acceptors (Lipinski definition) is 3. The van der Waals surface area contributed by atoms with Crippen LogP contribution in [0.5, 0.6) is 0 Å². The Morgan fingerprint density at radius 2 is 1.64 bits per heavy atom. The fourth-order valence-corrected chi connectivity index (χ4v) is 4.40. The monoisotopic (exact) mass is 351 g/mol. The molecule has 0 spiro atoms. The predicted octanol–water partition coefficient (Wildman–Crippen LogP) is 4.26. The fraction of sp³-hybridized carbons (Fsp3) is 0.909. The van der Waals surface area contributed by atoms with Crippen LogP contribution in [-0.2, 0) is 0 Å². The van der Waals surface area contributed by atoms with Crippen molar-refractivity contribution in [2.75, 3.05) is 45.8 Å². The van der Waals surface area contributed by atoms with Crippen LogP contribution in [-0.4, -0.2) is 61.7 Å². The fourth-order valence-electron chi connectivity index (χ4n) is 4.40. The van der Waals surface area contributed by atoms with Crippen LogP contribution in [0.2, 0.25) is 0 Å². The van der Waals surface area contributed by atoms with Crippen molar-refractivity contribution in [3.05, 3.63) is 12.7 Å². The van der Waals surface area contributed by atoms with E-state index >= 15 is 0 Å². The summed E-state index contributed by atoms with van der Waals surface area (Å²) in [6.45, 7) is 26.5. The number of hydrogen-bond donors (Lipinski definition) is 1. The largest absolute Gasteiger partial charge is 0.314 e. The van der Waals surface area contributed by atoms with Crippen LogP contribution in [0, 0.1) is 17.3 Å². The second-order valence-corrected chi connectivity index (χ2v) is 8.90. The quantitative estimate of drug-likeness (QED) is 0.722. The van der Waals surface area contributed by atoms with Crippen LogP contribution in [0.4, 0.5) is 0 Å². The molecule has 1 atom stereocenters. The van der Waals surface area contributed by atoms with E-state index in [2.05, 4.69) is 69.3 Å². The summed E-state index contributed by atoms with van der Waals surface area (Å²) in [6, 6.07) is 0.729. The van der Waals surface area contributed by atoms with E-state index in [0.29, 0.717) is 5.41 Å². The summed E-state index contributed by atoms with van der Waals surface area (Å²) in [6.07, 6.45) is 6.21. The van der Waals surface area contributed by atoms with E-state index in [-0.39, 0.29) is 0 Å². The molecule has 2 aliphatic rings. The normalized spacial score (nSPS) is 23.2. The molecule has 0 aliphatic carbocycles. The molecule has 2 heterocycles. The number of rotatable bonds is 6. The summed E-state index contributed by atoms with van der Waals surface area (Å²) in [4.78, 5) is 5.06. The number of nitrogens with zero attached hydrogens (tertiary/aromatic N) is 2. The average molecular weight is 352 g/mol.